The Bertz CT molecular complexity index is 1660. The number of hydrogen-bond donors (Lipinski definition) is 10. The molecule has 0 aromatic heterocycles. The molecular formula is C45H72O18. The lowest BCUT2D eigenvalue weighted by Crippen LogP contribution is -2.67. The molecule has 10 N–H and O–H groups in total. The van der Waals surface area contributed by atoms with Crippen LogP contribution in [0.4, 0.5) is 0 Å². The maximum atomic E-state index is 12.3. The summed E-state index contributed by atoms with van der Waals surface area (Å²) in [5.41, 5.74) is 0.241. The normalized spacial score (nSPS) is 59.3. The highest BCUT2D eigenvalue weighted by Gasteiger charge is 2.71. The summed E-state index contributed by atoms with van der Waals surface area (Å²) >= 11 is 0. The standard InChI is InChI=1S/C45H72O18/c1-17-9-10-45(56-16-17)18(2)30-27(63-45)12-24-22-8-7-21-11-26(25(47)14-43(21,5)23(22)13-29(48)44(24,30)6)59-42-39(62-41-36(54)34(52)32(50)20(4)58-41)37(55)38(28(15-46)60-42)61-40-35(53)33(51)31(49)19(3)57-40/h7,17-20,22-42,46-55H,8-16H2,1-6H3/t17-,18+,19+,20+,22?,23?,24?,25-,26-,27?,28-,29-,30?,31+,32+,33-,34-,35-,36-,37+,38-,39-,40-,41-,42-,43+,44-,45?/m1/s1. The van der Waals surface area contributed by atoms with Crippen molar-refractivity contribution in [2.45, 2.75) is 209 Å². The maximum absolute atomic E-state index is 12.3. The molecule has 0 bridgehead atoms. The van der Waals surface area contributed by atoms with Crippen molar-refractivity contribution in [3.8, 4) is 0 Å². The molecule has 5 aliphatic heterocycles. The SMILES string of the molecule is C[C@@H]1CCC2(OC1)OC1CC3C4CC=C5C[C@@H](O[C@@H]6O[C@H](CO)[C@@H](O[C@H]7O[C@@H](C)[C@H](O)[C@@H](O)[C@H]7O)[C@H](O)[C@H]6O[C@H]6O[C@@H](C)[C@H](O)[C@@H](O)[C@H]6O)[C@H](O)C[C@]5(C)C4C[C@@H](O)[C@]3(C)C1[C@@H]2C. The van der Waals surface area contributed by atoms with Gasteiger partial charge in [0.2, 0.25) is 0 Å². The number of rotatable bonds is 7. The van der Waals surface area contributed by atoms with Crippen molar-refractivity contribution < 1.29 is 89.0 Å². The van der Waals surface area contributed by atoms with Gasteiger partial charge in [-0.2, -0.15) is 0 Å². The summed E-state index contributed by atoms with van der Waals surface area (Å²) in [6.45, 7) is 11.8. The monoisotopic (exact) mass is 900 g/mol. The van der Waals surface area contributed by atoms with Gasteiger partial charge in [0.1, 0.15) is 61.0 Å². The van der Waals surface area contributed by atoms with Gasteiger partial charge in [0.25, 0.3) is 0 Å². The summed E-state index contributed by atoms with van der Waals surface area (Å²) in [5, 5.41) is 110. The summed E-state index contributed by atoms with van der Waals surface area (Å²) < 4.78 is 49.6. The second-order valence-corrected chi connectivity index (χ2v) is 21.3. The molecule has 0 amide bonds. The topological polar surface area (TPSA) is 276 Å². The van der Waals surface area contributed by atoms with Crippen molar-refractivity contribution in [3.05, 3.63) is 11.6 Å². The van der Waals surface area contributed by atoms with Crippen LogP contribution >= 0.6 is 0 Å². The first kappa shape index (κ1) is 47.1. The summed E-state index contributed by atoms with van der Waals surface area (Å²) in [7, 11) is 0. The van der Waals surface area contributed by atoms with E-state index in [1.165, 1.54) is 13.8 Å². The third-order valence-electron chi connectivity index (χ3n) is 17.8. The van der Waals surface area contributed by atoms with E-state index in [2.05, 4.69) is 33.8 Å². The lowest BCUT2D eigenvalue weighted by Gasteiger charge is -2.60. The van der Waals surface area contributed by atoms with Crippen molar-refractivity contribution in [3.63, 3.8) is 0 Å². The van der Waals surface area contributed by atoms with Crippen LogP contribution in [0, 0.1) is 46.3 Å². The van der Waals surface area contributed by atoms with Crippen LogP contribution in [0.15, 0.2) is 11.6 Å². The molecule has 28 atom stereocenters. The van der Waals surface area contributed by atoms with Gasteiger partial charge in [0, 0.05) is 23.7 Å². The largest absolute Gasteiger partial charge is 0.394 e. The molecule has 4 aliphatic carbocycles. The highest BCUT2D eigenvalue weighted by Crippen LogP contribution is 2.70. The minimum Gasteiger partial charge on any atom is -0.394 e. The lowest BCUT2D eigenvalue weighted by molar-refractivity contribution is -0.390. The van der Waals surface area contributed by atoms with E-state index in [4.69, 9.17) is 37.9 Å². The fraction of sp³-hybridized carbons (Fsp3) is 0.956. The van der Waals surface area contributed by atoms with E-state index in [1.54, 1.807) is 0 Å². The van der Waals surface area contributed by atoms with Crippen molar-refractivity contribution in [2.75, 3.05) is 13.2 Å². The molecule has 18 heteroatoms. The van der Waals surface area contributed by atoms with Gasteiger partial charge in [-0.1, -0.05) is 39.3 Å². The third-order valence-corrected chi connectivity index (χ3v) is 17.8. The quantitative estimate of drug-likeness (QED) is 0.140. The van der Waals surface area contributed by atoms with E-state index >= 15 is 0 Å². The molecule has 8 fully saturated rings. The van der Waals surface area contributed by atoms with Crippen LogP contribution in [0.5, 0.6) is 0 Å². The predicted octanol–water partition coefficient (Wildman–Crippen LogP) is -0.817. The summed E-state index contributed by atoms with van der Waals surface area (Å²) in [6.07, 6.45) is -18.3. The van der Waals surface area contributed by atoms with Gasteiger partial charge in [-0.3, -0.25) is 0 Å². The minimum atomic E-state index is -1.78. The van der Waals surface area contributed by atoms with E-state index in [9.17, 15) is 51.1 Å². The van der Waals surface area contributed by atoms with Gasteiger partial charge in [0.05, 0.1) is 49.8 Å². The van der Waals surface area contributed by atoms with Crippen molar-refractivity contribution in [2.24, 2.45) is 46.3 Å². The second-order valence-electron chi connectivity index (χ2n) is 21.3. The van der Waals surface area contributed by atoms with Gasteiger partial charge >= 0.3 is 0 Å². The molecule has 0 aromatic carbocycles. The molecule has 18 nitrogen and oxygen atoms in total. The van der Waals surface area contributed by atoms with E-state index < -0.39 is 128 Å². The zero-order chi connectivity index (χ0) is 45.2. The van der Waals surface area contributed by atoms with Gasteiger partial charge in [-0.15, -0.1) is 0 Å². The van der Waals surface area contributed by atoms with Gasteiger partial charge in [-0.25, -0.2) is 0 Å². The van der Waals surface area contributed by atoms with Crippen molar-refractivity contribution in [1.82, 2.24) is 0 Å². The van der Waals surface area contributed by atoms with E-state index in [1.807, 2.05) is 0 Å². The van der Waals surface area contributed by atoms with E-state index in [0.717, 1.165) is 31.3 Å². The number of aliphatic hydroxyl groups excluding tert-OH is 10. The highest BCUT2D eigenvalue weighted by atomic mass is 16.8. The molecular weight excluding hydrogens is 828 g/mol. The number of aliphatic hydroxyl groups is 10. The van der Waals surface area contributed by atoms with Gasteiger partial charge in [0.15, 0.2) is 24.7 Å². The fourth-order valence-electron chi connectivity index (χ4n) is 14.0. The number of hydrogen-bond acceptors (Lipinski definition) is 18. The summed E-state index contributed by atoms with van der Waals surface area (Å²) in [6, 6.07) is 0. The Morgan fingerprint density at radius 3 is 1.95 bits per heavy atom. The van der Waals surface area contributed by atoms with Crippen LogP contribution < -0.4 is 0 Å². The first-order valence-corrected chi connectivity index (χ1v) is 23.4. The van der Waals surface area contributed by atoms with Crippen LogP contribution in [0.3, 0.4) is 0 Å². The first-order valence-electron chi connectivity index (χ1n) is 23.4. The molecule has 3 saturated carbocycles. The second kappa shape index (κ2) is 17.2. The highest BCUT2D eigenvalue weighted by molar-refractivity contribution is 5.28. The average Bonchev–Trinajstić information content (AvgIpc) is 3.70. The Morgan fingerprint density at radius 1 is 0.714 bits per heavy atom. The fourth-order valence-corrected chi connectivity index (χ4v) is 14.0. The minimum absolute atomic E-state index is 0.00144. The zero-order valence-corrected chi connectivity index (χ0v) is 37.1. The summed E-state index contributed by atoms with van der Waals surface area (Å²) in [5.74, 6) is 0.739. The van der Waals surface area contributed by atoms with Crippen LogP contribution in [-0.4, -0.2) is 187 Å². The summed E-state index contributed by atoms with van der Waals surface area (Å²) in [4.78, 5) is 0. The molecule has 6 unspecified atom stereocenters. The number of allylic oxidation sites excluding steroid dienone is 1. The molecule has 5 heterocycles. The molecule has 0 aromatic rings. The molecule has 9 aliphatic rings. The van der Waals surface area contributed by atoms with Gasteiger partial charge < -0.3 is 89.0 Å². The van der Waals surface area contributed by atoms with E-state index in [0.29, 0.717) is 25.4 Å². The molecule has 63 heavy (non-hydrogen) atoms. The molecule has 9 rings (SSSR count). The Morgan fingerprint density at radius 2 is 1.35 bits per heavy atom. The Hall–Kier alpha value is -0.980. The zero-order valence-electron chi connectivity index (χ0n) is 37.1. The number of ether oxygens (including phenoxy) is 8. The molecule has 1 spiro atoms. The maximum Gasteiger partial charge on any atom is 0.187 e. The predicted molar refractivity (Wildman–Crippen MR) is 216 cm³/mol. The van der Waals surface area contributed by atoms with Crippen LogP contribution in [-0.2, 0) is 37.9 Å². The smallest absolute Gasteiger partial charge is 0.187 e. The van der Waals surface area contributed by atoms with Crippen molar-refractivity contribution in [1.29, 1.82) is 0 Å². The average molecular weight is 901 g/mol. The first-order chi connectivity index (χ1) is 29.7. The van der Waals surface area contributed by atoms with Crippen molar-refractivity contribution >= 4 is 0 Å². The lowest BCUT2D eigenvalue weighted by atomic mass is 9.46. The Kier molecular flexibility index (Phi) is 12.9. The van der Waals surface area contributed by atoms with Gasteiger partial charge in [-0.05, 0) is 81.5 Å². The third kappa shape index (κ3) is 7.53. The van der Waals surface area contributed by atoms with Crippen LogP contribution in [0.25, 0.3) is 0 Å². The number of fused-ring (bicyclic) bond motifs is 7. The van der Waals surface area contributed by atoms with Crippen LogP contribution in [0.1, 0.15) is 86.5 Å². The molecule has 5 saturated heterocycles. The molecule has 0 radical (unpaired) electrons. The van der Waals surface area contributed by atoms with Crippen LogP contribution in [0.2, 0.25) is 0 Å². The molecule has 360 valence electrons. The van der Waals surface area contributed by atoms with E-state index in [-0.39, 0.29) is 47.5 Å². The Labute approximate surface area is 368 Å². The Balaban J connectivity index is 0.944.